The Bertz CT molecular complexity index is 517. The van der Waals surface area contributed by atoms with Gasteiger partial charge in [-0.15, -0.1) is 23.1 Å². The Labute approximate surface area is 123 Å². The third kappa shape index (κ3) is 3.59. The molecule has 1 heterocycles. The first kappa shape index (κ1) is 14.6. The molecule has 0 saturated heterocycles. The number of benzene rings is 1. The van der Waals surface area contributed by atoms with Gasteiger partial charge in [-0.25, -0.2) is 4.98 Å². The molecule has 2 atom stereocenters. The molecule has 0 aliphatic carbocycles. The third-order valence-corrected chi connectivity index (χ3v) is 4.99. The molecule has 19 heavy (non-hydrogen) atoms. The highest BCUT2D eigenvalue weighted by Gasteiger charge is 2.14. The quantitative estimate of drug-likeness (QED) is 0.832. The van der Waals surface area contributed by atoms with Crippen LogP contribution < -0.4 is 5.73 Å². The molecule has 0 spiro atoms. The van der Waals surface area contributed by atoms with Gasteiger partial charge in [-0.05, 0) is 24.8 Å². The molecule has 1 aromatic heterocycles. The van der Waals surface area contributed by atoms with Gasteiger partial charge >= 0.3 is 0 Å². The summed E-state index contributed by atoms with van der Waals surface area (Å²) >= 11 is 3.55. The van der Waals surface area contributed by atoms with Crippen LogP contribution in [-0.4, -0.2) is 16.8 Å². The number of nitrogens with zero attached hydrogens (tertiary/aromatic N) is 1. The summed E-state index contributed by atoms with van der Waals surface area (Å²) < 4.78 is 0. The van der Waals surface area contributed by atoms with Gasteiger partial charge in [0.25, 0.3) is 0 Å². The first-order chi connectivity index (χ1) is 9.11. The molecule has 0 radical (unpaired) electrons. The van der Waals surface area contributed by atoms with Gasteiger partial charge < -0.3 is 5.73 Å². The molecular weight excluding hydrogens is 272 g/mol. The third-order valence-electron chi connectivity index (χ3n) is 3.19. The van der Waals surface area contributed by atoms with Gasteiger partial charge in [-0.3, -0.25) is 0 Å². The molecular formula is C15H20N2S2. The van der Waals surface area contributed by atoms with Crippen molar-refractivity contribution < 1.29 is 0 Å². The first-order valence-electron chi connectivity index (χ1n) is 6.56. The van der Waals surface area contributed by atoms with Crippen LogP contribution in [0.5, 0.6) is 0 Å². The Hall–Kier alpha value is -0.840. The highest BCUT2D eigenvalue weighted by molar-refractivity contribution is 7.99. The molecule has 4 heteroatoms. The van der Waals surface area contributed by atoms with Gasteiger partial charge in [-0.2, -0.15) is 0 Å². The first-order valence-corrected chi connectivity index (χ1v) is 8.42. The average Bonchev–Trinajstić information content (AvgIpc) is 2.88. The van der Waals surface area contributed by atoms with Crippen molar-refractivity contribution >= 4 is 23.1 Å². The maximum absolute atomic E-state index is 5.93. The number of nitrogens with two attached hydrogens (primary N) is 1. The van der Waals surface area contributed by atoms with Crippen molar-refractivity contribution in [3.63, 3.8) is 0 Å². The Morgan fingerprint density at radius 3 is 2.53 bits per heavy atom. The smallest absolute Gasteiger partial charge is 0.123 e. The molecule has 1 aromatic carbocycles. The topological polar surface area (TPSA) is 38.9 Å². The predicted octanol–water partition coefficient (Wildman–Crippen LogP) is 4.37. The Morgan fingerprint density at radius 1 is 1.26 bits per heavy atom. The average molecular weight is 292 g/mol. The van der Waals surface area contributed by atoms with Crippen molar-refractivity contribution in [3.8, 4) is 10.6 Å². The lowest BCUT2D eigenvalue weighted by molar-refractivity contribution is 0.602. The molecule has 0 fully saturated rings. The van der Waals surface area contributed by atoms with E-state index >= 15 is 0 Å². The van der Waals surface area contributed by atoms with Crippen LogP contribution in [0, 0.1) is 0 Å². The molecule has 2 rings (SSSR count). The van der Waals surface area contributed by atoms with Crippen LogP contribution >= 0.6 is 23.1 Å². The van der Waals surface area contributed by atoms with E-state index in [0.29, 0.717) is 5.92 Å². The zero-order valence-corrected chi connectivity index (χ0v) is 13.2. The molecule has 0 amide bonds. The summed E-state index contributed by atoms with van der Waals surface area (Å²) in [5.41, 5.74) is 8.22. The van der Waals surface area contributed by atoms with Crippen molar-refractivity contribution in [2.75, 3.05) is 5.75 Å². The van der Waals surface area contributed by atoms with E-state index in [2.05, 4.69) is 43.5 Å². The second-order valence-corrected chi connectivity index (χ2v) is 6.88. The lowest BCUT2D eigenvalue weighted by Gasteiger charge is -2.12. The van der Waals surface area contributed by atoms with Gasteiger partial charge in [0.2, 0.25) is 0 Å². The maximum atomic E-state index is 5.93. The van der Waals surface area contributed by atoms with Crippen LogP contribution in [0.4, 0.5) is 0 Å². The van der Waals surface area contributed by atoms with Crippen LogP contribution in [0.25, 0.3) is 10.6 Å². The zero-order valence-electron chi connectivity index (χ0n) is 11.6. The van der Waals surface area contributed by atoms with Gasteiger partial charge in [0.1, 0.15) is 5.01 Å². The van der Waals surface area contributed by atoms with Crippen LogP contribution in [0.2, 0.25) is 0 Å². The summed E-state index contributed by atoms with van der Waals surface area (Å²) in [6.07, 6.45) is 0. The molecule has 0 saturated carbocycles. The van der Waals surface area contributed by atoms with E-state index in [-0.39, 0.29) is 6.04 Å². The molecule has 102 valence electrons. The number of thioether (sulfide) groups is 1. The van der Waals surface area contributed by atoms with E-state index in [9.17, 15) is 0 Å². The Morgan fingerprint density at radius 2 is 1.95 bits per heavy atom. The predicted molar refractivity (Wildman–Crippen MR) is 86.0 cm³/mol. The fourth-order valence-corrected chi connectivity index (χ4v) is 3.35. The zero-order chi connectivity index (χ0) is 13.8. The van der Waals surface area contributed by atoms with Gasteiger partial charge in [0.15, 0.2) is 0 Å². The second-order valence-electron chi connectivity index (χ2n) is 4.68. The summed E-state index contributed by atoms with van der Waals surface area (Å²) in [6, 6.07) is 8.77. The molecule has 2 N–H and O–H groups in total. The fraction of sp³-hybridized carbons (Fsp3) is 0.400. The van der Waals surface area contributed by atoms with E-state index < -0.39 is 0 Å². The minimum atomic E-state index is 0.137. The minimum absolute atomic E-state index is 0.137. The number of aromatic nitrogens is 1. The molecule has 2 nitrogen and oxygen atoms in total. The van der Waals surface area contributed by atoms with Crippen LogP contribution in [0.1, 0.15) is 32.4 Å². The lowest BCUT2D eigenvalue weighted by Crippen LogP contribution is -2.22. The number of thiazole rings is 1. The van der Waals surface area contributed by atoms with Crippen molar-refractivity contribution in [2.45, 2.75) is 37.6 Å². The van der Waals surface area contributed by atoms with E-state index in [1.165, 1.54) is 10.5 Å². The SMILES string of the molecule is CCSc1ccc(-c2nc(C(C)C(C)N)cs2)cc1. The molecule has 0 bridgehead atoms. The Kier molecular flexibility index (Phi) is 5.02. The Balaban J connectivity index is 2.18. The van der Waals surface area contributed by atoms with E-state index in [4.69, 9.17) is 10.7 Å². The fourth-order valence-electron chi connectivity index (χ4n) is 1.76. The number of hydrogen-bond acceptors (Lipinski definition) is 4. The van der Waals surface area contributed by atoms with Crippen LogP contribution in [0.15, 0.2) is 34.5 Å². The van der Waals surface area contributed by atoms with Crippen LogP contribution in [0.3, 0.4) is 0 Å². The normalized spacial score (nSPS) is 14.3. The van der Waals surface area contributed by atoms with Crippen molar-refractivity contribution in [1.29, 1.82) is 0 Å². The minimum Gasteiger partial charge on any atom is -0.327 e. The van der Waals surface area contributed by atoms with E-state index in [1.807, 2.05) is 18.7 Å². The molecule has 0 aliphatic rings. The molecule has 2 aromatic rings. The summed E-state index contributed by atoms with van der Waals surface area (Å²) in [5.74, 6) is 1.41. The summed E-state index contributed by atoms with van der Waals surface area (Å²) in [7, 11) is 0. The lowest BCUT2D eigenvalue weighted by atomic mass is 10.0. The standard InChI is InChI=1S/C15H20N2S2/c1-4-18-13-7-5-12(6-8-13)15-17-14(9-19-15)10(2)11(3)16/h5-11H,4,16H2,1-3H3. The number of hydrogen-bond donors (Lipinski definition) is 1. The second kappa shape index (κ2) is 6.55. The van der Waals surface area contributed by atoms with Gasteiger partial charge in [0, 0.05) is 27.8 Å². The molecule has 2 unspecified atom stereocenters. The highest BCUT2D eigenvalue weighted by atomic mass is 32.2. The van der Waals surface area contributed by atoms with Crippen molar-refractivity contribution in [2.24, 2.45) is 5.73 Å². The molecule has 0 aliphatic heterocycles. The highest BCUT2D eigenvalue weighted by Crippen LogP contribution is 2.29. The summed E-state index contributed by atoms with van der Waals surface area (Å²) in [6.45, 7) is 6.33. The van der Waals surface area contributed by atoms with E-state index in [0.717, 1.165) is 16.5 Å². The van der Waals surface area contributed by atoms with Crippen molar-refractivity contribution in [1.82, 2.24) is 4.98 Å². The largest absolute Gasteiger partial charge is 0.327 e. The van der Waals surface area contributed by atoms with Gasteiger partial charge in [0.05, 0.1) is 5.69 Å². The maximum Gasteiger partial charge on any atom is 0.123 e. The van der Waals surface area contributed by atoms with Crippen molar-refractivity contribution in [3.05, 3.63) is 35.3 Å². The van der Waals surface area contributed by atoms with Gasteiger partial charge in [-0.1, -0.05) is 26.0 Å². The van der Waals surface area contributed by atoms with E-state index in [1.54, 1.807) is 11.3 Å². The summed E-state index contributed by atoms with van der Waals surface area (Å²) in [5, 5.41) is 3.20. The monoisotopic (exact) mass is 292 g/mol. The van der Waals surface area contributed by atoms with Crippen LogP contribution in [-0.2, 0) is 0 Å². The number of rotatable bonds is 5. The summed E-state index contributed by atoms with van der Waals surface area (Å²) in [4.78, 5) is 6.02.